The minimum atomic E-state index is -0.338. The molecule has 1 fully saturated rings. The number of benzene rings is 2. The average Bonchev–Trinajstić information content (AvgIpc) is 3.24. The summed E-state index contributed by atoms with van der Waals surface area (Å²) in [6.07, 6.45) is 2.28. The zero-order chi connectivity index (χ0) is 19.9. The molecule has 1 aliphatic rings. The second-order valence-electron chi connectivity index (χ2n) is 7.50. The van der Waals surface area contributed by atoms with Crippen LogP contribution in [0.1, 0.15) is 42.5 Å². The van der Waals surface area contributed by atoms with E-state index in [4.69, 9.17) is 15.2 Å². The first-order chi connectivity index (χ1) is 13.5. The third kappa shape index (κ3) is 5.33. The Labute approximate surface area is 167 Å². The van der Waals surface area contributed by atoms with Crippen molar-refractivity contribution in [2.24, 2.45) is 11.7 Å². The molecule has 0 radical (unpaired) electrons. The van der Waals surface area contributed by atoms with Crippen LogP contribution < -0.4 is 15.8 Å². The number of rotatable bonds is 8. The molecule has 3 rings (SSSR count). The Hall–Kier alpha value is -2.37. The van der Waals surface area contributed by atoms with Gasteiger partial charge in [0.2, 0.25) is 5.91 Å². The van der Waals surface area contributed by atoms with Crippen molar-refractivity contribution in [2.45, 2.75) is 45.4 Å². The van der Waals surface area contributed by atoms with E-state index in [1.807, 2.05) is 62.4 Å². The lowest BCUT2D eigenvalue weighted by Crippen LogP contribution is -2.35. The summed E-state index contributed by atoms with van der Waals surface area (Å²) in [5.74, 6) is 0.405. The summed E-state index contributed by atoms with van der Waals surface area (Å²) in [5.41, 5.74) is 9.31. The van der Waals surface area contributed by atoms with Crippen molar-refractivity contribution in [1.82, 2.24) is 5.32 Å². The van der Waals surface area contributed by atoms with E-state index in [0.717, 1.165) is 41.9 Å². The Morgan fingerprint density at radius 1 is 1.29 bits per heavy atom. The number of carbonyl (C=O) groups is 1. The average molecular weight is 383 g/mol. The first kappa shape index (κ1) is 20.4. The molecule has 5 nitrogen and oxygen atoms in total. The van der Waals surface area contributed by atoms with Crippen molar-refractivity contribution in [1.29, 1.82) is 0 Å². The fraction of sp³-hybridized carbons (Fsp3) is 0.435. The Bertz CT molecular complexity index is 773. The van der Waals surface area contributed by atoms with Gasteiger partial charge in [-0.25, -0.2) is 0 Å². The maximum atomic E-state index is 12.6. The number of aryl methyl sites for hydroxylation is 1. The van der Waals surface area contributed by atoms with E-state index >= 15 is 0 Å². The molecule has 1 aliphatic heterocycles. The Morgan fingerprint density at radius 2 is 2.07 bits per heavy atom. The molecule has 3 atom stereocenters. The van der Waals surface area contributed by atoms with Crippen molar-refractivity contribution < 1.29 is 14.3 Å². The van der Waals surface area contributed by atoms with Crippen molar-refractivity contribution in [3.63, 3.8) is 0 Å². The van der Waals surface area contributed by atoms with Crippen LogP contribution in [-0.2, 0) is 16.1 Å². The van der Waals surface area contributed by atoms with Crippen molar-refractivity contribution >= 4 is 5.91 Å². The molecule has 2 aromatic rings. The van der Waals surface area contributed by atoms with Gasteiger partial charge in [0.1, 0.15) is 12.4 Å². The summed E-state index contributed by atoms with van der Waals surface area (Å²) in [4.78, 5) is 12.6. The maximum absolute atomic E-state index is 12.6. The smallest absolute Gasteiger partial charge is 0.225 e. The largest absolute Gasteiger partial charge is 0.491 e. The highest BCUT2D eigenvalue weighted by Gasteiger charge is 2.22. The van der Waals surface area contributed by atoms with Gasteiger partial charge in [0.25, 0.3) is 0 Å². The minimum absolute atomic E-state index is 0.0676. The Morgan fingerprint density at radius 3 is 2.79 bits per heavy atom. The summed E-state index contributed by atoms with van der Waals surface area (Å²) in [5, 5.41) is 3.01. The van der Waals surface area contributed by atoms with Crippen LogP contribution in [0, 0.1) is 12.8 Å². The summed E-state index contributed by atoms with van der Waals surface area (Å²) >= 11 is 0. The first-order valence-corrected chi connectivity index (χ1v) is 9.96. The summed E-state index contributed by atoms with van der Waals surface area (Å²) in [6, 6.07) is 15.4. The highest BCUT2D eigenvalue weighted by atomic mass is 16.5. The molecule has 3 N–H and O–H groups in total. The summed E-state index contributed by atoms with van der Waals surface area (Å²) in [6.45, 7) is 5.65. The molecule has 0 bridgehead atoms. The van der Waals surface area contributed by atoms with Gasteiger partial charge < -0.3 is 20.5 Å². The van der Waals surface area contributed by atoms with E-state index in [0.29, 0.717) is 13.2 Å². The molecule has 150 valence electrons. The van der Waals surface area contributed by atoms with Crippen LogP contribution in [0.2, 0.25) is 0 Å². The molecule has 0 spiro atoms. The number of nitrogens with two attached hydrogens (primary N) is 1. The quantitative estimate of drug-likeness (QED) is 0.733. The van der Waals surface area contributed by atoms with Crippen LogP contribution in [0.3, 0.4) is 0 Å². The van der Waals surface area contributed by atoms with E-state index in [1.165, 1.54) is 0 Å². The van der Waals surface area contributed by atoms with Gasteiger partial charge in [0.15, 0.2) is 0 Å². The summed E-state index contributed by atoms with van der Waals surface area (Å²) in [7, 11) is 0. The minimum Gasteiger partial charge on any atom is -0.491 e. The Balaban J connectivity index is 1.59. The molecular formula is C23H30N2O3. The van der Waals surface area contributed by atoms with Crippen LogP contribution in [-0.4, -0.2) is 25.2 Å². The van der Waals surface area contributed by atoms with Crippen LogP contribution in [0.25, 0.3) is 0 Å². The van der Waals surface area contributed by atoms with Gasteiger partial charge in [-0.2, -0.15) is 0 Å². The Kier molecular flexibility index (Phi) is 7.06. The SMILES string of the molecule is Cc1ccc(CNC(=O)C(C)C(N)c2ccccc2)c(OCC2CCCO2)c1. The highest BCUT2D eigenvalue weighted by molar-refractivity contribution is 5.79. The predicted molar refractivity (Wildman–Crippen MR) is 110 cm³/mol. The third-order valence-electron chi connectivity index (χ3n) is 5.26. The van der Waals surface area contributed by atoms with Crippen LogP contribution in [0.15, 0.2) is 48.5 Å². The molecule has 28 heavy (non-hydrogen) atoms. The van der Waals surface area contributed by atoms with Gasteiger partial charge in [-0.05, 0) is 37.0 Å². The molecule has 1 saturated heterocycles. The van der Waals surface area contributed by atoms with E-state index in [-0.39, 0.29) is 24.0 Å². The van der Waals surface area contributed by atoms with E-state index in [9.17, 15) is 4.79 Å². The zero-order valence-electron chi connectivity index (χ0n) is 16.7. The van der Waals surface area contributed by atoms with Crippen molar-refractivity contribution in [3.8, 4) is 5.75 Å². The normalized spacial score (nSPS) is 18.5. The molecular weight excluding hydrogens is 352 g/mol. The van der Waals surface area contributed by atoms with Crippen molar-refractivity contribution in [2.75, 3.05) is 13.2 Å². The molecule has 1 amide bonds. The number of hydrogen-bond donors (Lipinski definition) is 2. The van der Waals surface area contributed by atoms with Gasteiger partial charge >= 0.3 is 0 Å². The van der Waals surface area contributed by atoms with Crippen LogP contribution in [0.4, 0.5) is 0 Å². The predicted octanol–water partition coefficient (Wildman–Crippen LogP) is 3.51. The van der Waals surface area contributed by atoms with E-state index in [1.54, 1.807) is 0 Å². The first-order valence-electron chi connectivity index (χ1n) is 9.96. The number of amides is 1. The standard InChI is InChI=1S/C23H30N2O3/c1-16-10-11-19(21(13-16)28-15-20-9-6-12-27-20)14-25-23(26)17(2)22(24)18-7-4-3-5-8-18/h3-5,7-8,10-11,13,17,20,22H,6,9,12,14-15,24H2,1-2H3,(H,25,26). The highest BCUT2D eigenvalue weighted by Crippen LogP contribution is 2.23. The lowest BCUT2D eigenvalue weighted by Gasteiger charge is -2.20. The third-order valence-corrected chi connectivity index (χ3v) is 5.26. The molecule has 0 aliphatic carbocycles. The van der Waals surface area contributed by atoms with Crippen molar-refractivity contribution in [3.05, 3.63) is 65.2 Å². The second-order valence-corrected chi connectivity index (χ2v) is 7.50. The molecule has 0 aromatic heterocycles. The number of ether oxygens (including phenoxy) is 2. The number of carbonyl (C=O) groups excluding carboxylic acids is 1. The lowest BCUT2D eigenvalue weighted by molar-refractivity contribution is -0.125. The van der Waals surface area contributed by atoms with E-state index in [2.05, 4.69) is 5.32 Å². The lowest BCUT2D eigenvalue weighted by atomic mass is 9.94. The van der Waals surface area contributed by atoms with Crippen LogP contribution >= 0.6 is 0 Å². The molecule has 3 unspecified atom stereocenters. The maximum Gasteiger partial charge on any atom is 0.225 e. The fourth-order valence-electron chi connectivity index (χ4n) is 3.37. The molecule has 0 saturated carbocycles. The fourth-order valence-corrected chi connectivity index (χ4v) is 3.37. The number of nitrogens with one attached hydrogen (secondary N) is 1. The zero-order valence-corrected chi connectivity index (χ0v) is 16.7. The second kappa shape index (κ2) is 9.71. The van der Waals surface area contributed by atoms with Crippen LogP contribution in [0.5, 0.6) is 5.75 Å². The van der Waals surface area contributed by atoms with Gasteiger partial charge in [0.05, 0.1) is 12.0 Å². The van der Waals surface area contributed by atoms with Gasteiger partial charge in [0, 0.05) is 24.8 Å². The number of hydrogen-bond acceptors (Lipinski definition) is 4. The molecule has 1 heterocycles. The van der Waals surface area contributed by atoms with Gasteiger partial charge in [-0.1, -0.05) is 49.4 Å². The summed E-state index contributed by atoms with van der Waals surface area (Å²) < 4.78 is 11.6. The molecule has 2 aromatic carbocycles. The van der Waals surface area contributed by atoms with Gasteiger partial charge in [-0.15, -0.1) is 0 Å². The van der Waals surface area contributed by atoms with Gasteiger partial charge in [-0.3, -0.25) is 4.79 Å². The molecule has 5 heteroatoms. The monoisotopic (exact) mass is 382 g/mol. The topological polar surface area (TPSA) is 73.6 Å². The van der Waals surface area contributed by atoms with E-state index < -0.39 is 0 Å².